The van der Waals surface area contributed by atoms with Crippen LogP contribution in [0, 0.1) is 0 Å². The molecule has 7 heterocycles. The van der Waals surface area contributed by atoms with Crippen LogP contribution in [-0.2, 0) is 38.4 Å². The van der Waals surface area contributed by atoms with Gasteiger partial charge in [0.1, 0.15) is 48.1 Å². The van der Waals surface area contributed by atoms with E-state index >= 15 is 8.78 Å². The number of halogens is 2. The highest BCUT2D eigenvalue weighted by Crippen LogP contribution is 2.38. The molecule has 236 valence electrons. The fraction of sp³-hybridized carbons (Fsp3) is 0.500. The number of alkyl halides is 2. The maximum atomic E-state index is 15.8. The van der Waals surface area contributed by atoms with Crippen molar-refractivity contribution in [1.29, 1.82) is 0 Å². The second kappa shape index (κ2) is 10.4. The average Bonchev–Trinajstić information content (AvgIpc) is 3.73. The number of imidazole rings is 2. The lowest BCUT2D eigenvalue weighted by atomic mass is 10.1. The number of hydrogen-bond donors (Lipinski definition) is 4. The smallest absolute Gasteiger partial charge is 0.336 e. The monoisotopic (exact) mass is 660 g/mol. The van der Waals surface area contributed by atoms with Crippen LogP contribution in [0.4, 0.5) is 20.4 Å². The predicted molar refractivity (Wildman–Crippen MR) is 141 cm³/mol. The molecule has 3 saturated heterocycles. The van der Waals surface area contributed by atoms with E-state index in [9.17, 15) is 16.8 Å². The zero-order chi connectivity index (χ0) is 31.0. The second-order valence-corrected chi connectivity index (χ2v) is 12.7. The molecule has 8 unspecified atom stereocenters. The lowest BCUT2D eigenvalue weighted by Gasteiger charge is -2.24. The van der Waals surface area contributed by atoms with E-state index in [1.165, 1.54) is 0 Å². The van der Waals surface area contributed by atoms with Crippen molar-refractivity contribution in [2.45, 2.75) is 49.2 Å². The first-order chi connectivity index (χ1) is 20.9. The third-order valence-electron chi connectivity index (χ3n) is 7.25. The van der Waals surface area contributed by atoms with E-state index in [1.807, 2.05) is 9.44 Å². The minimum absolute atomic E-state index is 0.00128. The van der Waals surface area contributed by atoms with Crippen LogP contribution in [0.1, 0.15) is 12.5 Å². The lowest BCUT2D eigenvalue weighted by molar-refractivity contribution is -0.0214. The first-order valence-electron chi connectivity index (χ1n) is 12.7. The molecular formula is C20H22F2N12O8S2. The Kier molecular flexibility index (Phi) is 6.85. The van der Waals surface area contributed by atoms with Crippen LogP contribution in [0.25, 0.3) is 22.3 Å². The number of aromatic nitrogens is 8. The van der Waals surface area contributed by atoms with Crippen LogP contribution in [0.5, 0.6) is 0 Å². The van der Waals surface area contributed by atoms with Crippen molar-refractivity contribution < 1.29 is 43.5 Å². The number of ether oxygens (including phenoxy) is 2. The molecule has 4 aromatic rings. The van der Waals surface area contributed by atoms with Gasteiger partial charge in [-0.15, -0.1) is 0 Å². The Morgan fingerprint density at radius 2 is 1.11 bits per heavy atom. The minimum Gasteiger partial charge on any atom is -0.382 e. The largest absolute Gasteiger partial charge is 0.382 e. The van der Waals surface area contributed by atoms with Gasteiger partial charge in [-0.05, 0) is 0 Å². The van der Waals surface area contributed by atoms with Gasteiger partial charge in [0, 0.05) is 13.1 Å². The van der Waals surface area contributed by atoms with Gasteiger partial charge in [-0.1, -0.05) is 0 Å². The molecule has 4 aromatic heterocycles. The van der Waals surface area contributed by atoms with E-state index in [0.717, 1.165) is 34.4 Å². The van der Waals surface area contributed by atoms with Crippen LogP contribution in [-0.4, -0.2) is 106 Å². The van der Waals surface area contributed by atoms with Gasteiger partial charge in [0.2, 0.25) is 0 Å². The van der Waals surface area contributed by atoms with E-state index < -0.39 is 82.9 Å². The number of nitrogens with zero attached hydrogens (tertiary/aromatic N) is 8. The number of fused-ring (bicyclic) bond motifs is 4. The summed E-state index contributed by atoms with van der Waals surface area (Å²) in [5.74, 6) is 0.00256. The van der Waals surface area contributed by atoms with Crippen molar-refractivity contribution in [3.63, 3.8) is 0 Å². The first kappa shape index (κ1) is 29.0. The number of anilines is 2. The van der Waals surface area contributed by atoms with Gasteiger partial charge in [0.15, 0.2) is 47.7 Å². The molecule has 0 amide bonds. The number of nitrogens with one attached hydrogen (secondary N) is 2. The van der Waals surface area contributed by atoms with Crippen molar-refractivity contribution in [2.24, 2.45) is 0 Å². The van der Waals surface area contributed by atoms with Gasteiger partial charge in [-0.3, -0.25) is 9.13 Å². The molecule has 8 atom stereocenters. The van der Waals surface area contributed by atoms with E-state index in [1.54, 1.807) is 0 Å². The number of nitrogens with two attached hydrogens (primary N) is 2. The number of rotatable bonds is 2. The Labute approximate surface area is 245 Å². The summed E-state index contributed by atoms with van der Waals surface area (Å²) in [4.78, 5) is 23.7. The molecule has 20 nitrogen and oxygen atoms in total. The van der Waals surface area contributed by atoms with Gasteiger partial charge >= 0.3 is 20.6 Å². The zero-order valence-corrected chi connectivity index (χ0v) is 23.5. The van der Waals surface area contributed by atoms with Crippen molar-refractivity contribution >= 4 is 54.6 Å². The van der Waals surface area contributed by atoms with Crippen LogP contribution in [0.15, 0.2) is 25.3 Å². The average molecular weight is 661 g/mol. The van der Waals surface area contributed by atoms with E-state index in [2.05, 4.69) is 29.9 Å². The molecule has 44 heavy (non-hydrogen) atoms. The van der Waals surface area contributed by atoms with Gasteiger partial charge < -0.3 is 20.9 Å². The summed E-state index contributed by atoms with van der Waals surface area (Å²) in [6.07, 6.45) is -9.72. The van der Waals surface area contributed by atoms with Crippen LogP contribution >= 0.6 is 0 Å². The molecule has 24 heteroatoms. The molecule has 0 bridgehead atoms. The Balaban J connectivity index is 1.17. The maximum Gasteiger partial charge on any atom is 0.336 e. The summed E-state index contributed by atoms with van der Waals surface area (Å²) in [6, 6.07) is 0. The molecule has 3 fully saturated rings. The van der Waals surface area contributed by atoms with Crippen molar-refractivity contribution in [3.05, 3.63) is 25.3 Å². The molecule has 3 aliphatic rings. The normalized spacial score (nSPS) is 33.9. The number of hydrogen-bond acceptors (Lipinski definition) is 16. The molecule has 0 aliphatic carbocycles. The van der Waals surface area contributed by atoms with E-state index in [4.69, 9.17) is 29.3 Å². The Hall–Kier alpha value is -3.78. The standard InChI is InChI=1S/C20H22F2N12O8S2/c21-9-13-7(39-19(9)33-5-29-11-15(23)25-3-27-17(11)33)1-31-43(35,36)42-14-8(2-32-44(37,38)41-13)40-20(10(14)22)34-6-30-12-16(24)26-4-28-18(12)34/h3-10,13-14,19-20,31-32H,1-2H2,(H2,23,25,27)(H2,24,26,28). The third kappa shape index (κ3) is 4.87. The summed E-state index contributed by atoms with van der Waals surface area (Å²) < 4.78 is 112. The summed E-state index contributed by atoms with van der Waals surface area (Å²) >= 11 is 0. The third-order valence-corrected chi connectivity index (χ3v) is 9.25. The zero-order valence-electron chi connectivity index (χ0n) is 21.9. The predicted octanol–water partition coefficient (Wildman–Crippen LogP) is -2.25. The summed E-state index contributed by atoms with van der Waals surface area (Å²) in [5, 5.41) is 0. The Morgan fingerprint density at radius 1 is 0.705 bits per heavy atom. The molecule has 0 spiro atoms. The van der Waals surface area contributed by atoms with Gasteiger partial charge in [0.25, 0.3) is 0 Å². The van der Waals surface area contributed by atoms with Crippen LogP contribution in [0.2, 0.25) is 0 Å². The van der Waals surface area contributed by atoms with E-state index in [0.29, 0.717) is 0 Å². The van der Waals surface area contributed by atoms with Gasteiger partial charge in [-0.2, -0.15) is 26.3 Å². The first-order valence-corrected chi connectivity index (χ1v) is 15.5. The lowest BCUT2D eigenvalue weighted by Crippen LogP contribution is -2.49. The van der Waals surface area contributed by atoms with E-state index in [-0.39, 0.29) is 34.0 Å². The van der Waals surface area contributed by atoms with Crippen molar-refractivity contribution in [1.82, 2.24) is 48.5 Å². The fourth-order valence-electron chi connectivity index (χ4n) is 5.24. The van der Waals surface area contributed by atoms with Gasteiger partial charge in [-0.25, -0.2) is 47.1 Å². The minimum atomic E-state index is -4.77. The summed E-state index contributed by atoms with van der Waals surface area (Å²) in [7, 11) is -9.53. The Bertz CT molecular complexity index is 1820. The van der Waals surface area contributed by atoms with Crippen molar-refractivity contribution in [3.8, 4) is 0 Å². The molecule has 6 N–H and O–H groups in total. The quantitative estimate of drug-likeness (QED) is 0.177. The maximum absolute atomic E-state index is 15.8. The highest BCUT2D eigenvalue weighted by atomic mass is 32.2. The number of nitrogen functional groups attached to an aromatic ring is 2. The van der Waals surface area contributed by atoms with Gasteiger partial charge in [0.05, 0.1) is 12.7 Å². The molecule has 0 saturated carbocycles. The molecule has 0 radical (unpaired) electrons. The second-order valence-electron chi connectivity index (χ2n) is 9.91. The molecule has 0 aromatic carbocycles. The van der Waals surface area contributed by atoms with Crippen LogP contribution in [0.3, 0.4) is 0 Å². The highest BCUT2D eigenvalue weighted by molar-refractivity contribution is 7.85. The summed E-state index contributed by atoms with van der Waals surface area (Å²) in [6.45, 7) is -1.46. The summed E-state index contributed by atoms with van der Waals surface area (Å²) in [5.41, 5.74) is 12.0. The SMILES string of the molecule is Nc1ncnc2c1ncn2C1OC2CNS(=O)(=O)OC3C(CNS(=O)(=O)OC2C1F)OC(n1cnc2c(N)ncnc21)C3F. The molecular weight excluding hydrogens is 638 g/mol. The topological polar surface area (TPSA) is 268 Å². The fourth-order valence-corrected chi connectivity index (χ4v) is 7.15. The van der Waals surface area contributed by atoms with Crippen LogP contribution < -0.4 is 20.9 Å². The molecule has 3 aliphatic heterocycles. The van der Waals surface area contributed by atoms with Crippen molar-refractivity contribution in [2.75, 3.05) is 24.6 Å². The molecule has 7 rings (SSSR count). The Morgan fingerprint density at radius 3 is 1.52 bits per heavy atom. The highest BCUT2D eigenvalue weighted by Gasteiger charge is 2.53.